The van der Waals surface area contributed by atoms with E-state index in [1.165, 1.54) is 0 Å². The third-order valence-electron chi connectivity index (χ3n) is 6.46. The van der Waals surface area contributed by atoms with E-state index in [0.29, 0.717) is 56.6 Å². The van der Waals surface area contributed by atoms with Gasteiger partial charge in [0.1, 0.15) is 23.8 Å². The maximum Gasteiger partial charge on any atom is 0.322 e. The molecule has 0 bridgehead atoms. The SMILES string of the molecule is COc1ccc(NC(=O)N(CCN2CCOCC2)CC(=O)N(Cc2ccccc2)Cc2ccc(C)o2)cc1. The van der Waals surface area contributed by atoms with Crippen molar-refractivity contribution in [2.75, 3.05) is 58.4 Å². The van der Waals surface area contributed by atoms with Crippen molar-refractivity contribution < 1.29 is 23.5 Å². The number of carbonyl (C=O) groups is 2. The van der Waals surface area contributed by atoms with Crippen LogP contribution in [0.5, 0.6) is 5.75 Å². The van der Waals surface area contributed by atoms with Gasteiger partial charge in [0.05, 0.1) is 26.9 Å². The van der Waals surface area contributed by atoms with E-state index in [0.717, 1.165) is 24.4 Å². The zero-order valence-corrected chi connectivity index (χ0v) is 22.1. The summed E-state index contributed by atoms with van der Waals surface area (Å²) in [7, 11) is 1.60. The summed E-state index contributed by atoms with van der Waals surface area (Å²) in [5, 5.41) is 2.93. The Balaban J connectivity index is 1.48. The highest BCUT2D eigenvalue weighted by atomic mass is 16.5. The number of amides is 3. The molecule has 1 aromatic heterocycles. The summed E-state index contributed by atoms with van der Waals surface area (Å²) in [6.45, 7) is 6.57. The number of methoxy groups -OCH3 is 1. The molecule has 0 spiro atoms. The number of ether oxygens (including phenoxy) is 2. The van der Waals surface area contributed by atoms with Crippen molar-refractivity contribution in [3.63, 3.8) is 0 Å². The fourth-order valence-electron chi connectivity index (χ4n) is 4.27. The van der Waals surface area contributed by atoms with Crippen LogP contribution < -0.4 is 10.1 Å². The lowest BCUT2D eigenvalue weighted by Crippen LogP contribution is -2.48. The molecule has 0 unspecified atom stereocenters. The van der Waals surface area contributed by atoms with E-state index < -0.39 is 0 Å². The molecule has 9 heteroatoms. The van der Waals surface area contributed by atoms with Crippen LogP contribution in [0.4, 0.5) is 10.5 Å². The third kappa shape index (κ3) is 8.09. The van der Waals surface area contributed by atoms with Crippen LogP contribution in [0.15, 0.2) is 71.1 Å². The van der Waals surface area contributed by atoms with E-state index >= 15 is 0 Å². The van der Waals surface area contributed by atoms with Crippen LogP contribution in [0.2, 0.25) is 0 Å². The molecule has 0 atom stereocenters. The Morgan fingerprint density at radius 2 is 1.68 bits per heavy atom. The van der Waals surface area contributed by atoms with Crippen molar-refractivity contribution in [1.29, 1.82) is 0 Å². The number of aryl methyl sites for hydroxylation is 1. The number of nitrogens with one attached hydrogen (secondary N) is 1. The second kappa shape index (κ2) is 13.6. The van der Waals surface area contributed by atoms with E-state index in [4.69, 9.17) is 13.9 Å². The zero-order chi connectivity index (χ0) is 26.7. The molecule has 1 aliphatic rings. The number of anilines is 1. The van der Waals surface area contributed by atoms with Gasteiger partial charge in [-0.25, -0.2) is 4.79 Å². The molecular formula is C29H36N4O5. The topological polar surface area (TPSA) is 87.5 Å². The van der Waals surface area contributed by atoms with Crippen LogP contribution in [0, 0.1) is 6.92 Å². The highest BCUT2D eigenvalue weighted by molar-refractivity contribution is 5.92. The molecule has 1 saturated heterocycles. The molecule has 4 rings (SSSR count). The van der Waals surface area contributed by atoms with Crippen LogP contribution >= 0.6 is 0 Å². The summed E-state index contributed by atoms with van der Waals surface area (Å²) >= 11 is 0. The first-order valence-corrected chi connectivity index (χ1v) is 12.9. The molecular weight excluding hydrogens is 484 g/mol. The highest BCUT2D eigenvalue weighted by Gasteiger charge is 2.24. The average molecular weight is 521 g/mol. The number of nitrogens with zero attached hydrogens (tertiary/aromatic N) is 3. The summed E-state index contributed by atoms with van der Waals surface area (Å²) < 4.78 is 16.4. The van der Waals surface area contributed by atoms with Gasteiger partial charge in [-0.3, -0.25) is 9.69 Å². The van der Waals surface area contributed by atoms with E-state index in [-0.39, 0.29) is 18.5 Å². The quantitative estimate of drug-likeness (QED) is 0.411. The molecule has 202 valence electrons. The minimum atomic E-state index is -0.328. The highest BCUT2D eigenvalue weighted by Crippen LogP contribution is 2.17. The van der Waals surface area contributed by atoms with Crippen LogP contribution in [-0.2, 0) is 22.6 Å². The normalized spacial score (nSPS) is 13.6. The first-order chi connectivity index (χ1) is 18.5. The van der Waals surface area contributed by atoms with Crippen molar-refractivity contribution in [3.05, 3.63) is 83.8 Å². The fourth-order valence-corrected chi connectivity index (χ4v) is 4.27. The van der Waals surface area contributed by atoms with Crippen molar-refractivity contribution >= 4 is 17.6 Å². The van der Waals surface area contributed by atoms with Gasteiger partial charge in [-0.05, 0) is 48.9 Å². The number of benzene rings is 2. The fraction of sp³-hybridized carbons (Fsp3) is 0.379. The molecule has 0 radical (unpaired) electrons. The standard InChI is InChI=1S/C29H36N4O5/c1-23-8-11-27(38-23)21-33(20-24-6-4-3-5-7-24)28(34)22-32(15-14-31-16-18-37-19-17-31)29(35)30-25-9-12-26(36-2)13-10-25/h3-13H,14-22H2,1-2H3,(H,30,35). The Bertz CT molecular complexity index is 1160. The number of morpholine rings is 1. The van der Waals surface area contributed by atoms with Gasteiger partial charge in [-0.2, -0.15) is 0 Å². The minimum Gasteiger partial charge on any atom is -0.497 e. The van der Waals surface area contributed by atoms with Crippen LogP contribution in [0.1, 0.15) is 17.1 Å². The monoisotopic (exact) mass is 520 g/mol. The van der Waals surface area contributed by atoms with Gasteiger partial charge >= 0.3 is 6.03 Å². The lowest BCUT2D eigenvalue weighted by molar-refractivity contribution is -0.133. The number of urea groups is 1. The molecule has 38 heavy (non-hydrogen) atoms. The molecule has 2 aromatic carbocycles. The molecule has 1 N–H and O–H groups in total. The number of furan rings is 1. The Hall–Kier alpha value is -3.82. The maximum atomic E-state index is 13.7. The van der Waals surface area contributed by atoms with E-state index in [1.54, 1.807) is 41.2 Å². The predicted octanol–water partition coefficient (Wildman–Crippen LogP) is 3.99. The maximum absolute atomic E-state index is 13.7. The molecule has 2 heterocycles. The minimum absolute atomic E-state index is 0.0567. The number of hydrogen-bond acceptors (Lipinski definition) is 6. The molecule has 1 fully saturated rings. The summed E-state index contributed by atoms with van der Waals surface area (Å²) in [4.78, 5) is 32.6. The van der Waals surface area contributed by atoms with Gasteiger partial charge in [0.2, 0.25) is 5.91 Å². The molecule has 0 saturated carbocycles. The lowest BCUT2D eigenvalue weighted by atomic mass is 10.2. The van der Waals surface area contributed by atoms with Crippen molar-refractivity contribution in [2.24, 2.45) is 0 Å². The average Bonchev–Trinajstić information content (AvgIpc) is 3.36. The number of rotatable bonds is 11. The molecule has 1 aliphatic heterocycles. The smallest absolute Gasteiger partial charge is 0.322 e. The van der Waals surface area contributed by atoms with Crippen molar-refractivity contribution in [1.82, 2.24) is 14.7 Å². The Labute approximate surface area is 223 Å². The van der Waals surface area contributed by atoms with Gasteiger partial charge in [-0.15, -0.1) is 0 Å². The van der Waals surface area contributed by atoms with Crippen molar-refractivity contribution in [2.45, 2.75) is 20.0 Å². The van der Waals surface area contributed by atoms with Crippen LogP contribution in [0.25, 0.3) is 0 Å². The van der Waals surface area contributed by atoms with Gasteiger partial charge in [0.15, 0.2) is 0 Å². The van der Waals surface area contributed by atoms with Crippen molar-refractivity contribution in [3.8, 4) is 5.75 Å². The Kier molecular flexibility index (Phi) is 9.77. The predicted molar refractivity (Wildman–Crippen MR) is 145 cm³/mol. The summed E-state index contributed by atoms with van der Waals surface area (Å²) in [5.41, 5.74) is 1.64. The first-order valence-electron chi connectivity index (χ1n) is 12.9. The Morgan fingerprint density at radius 1 is 0.947 bits per heavy atom. The van der Waals surface area contributed by atoms with Crippen LogP contribution in [0.3, 0.4) is 0 Å². The second-order valence-corrected chi connectivity index (χ2v) is 9.28. The third-order valence-corrected chi connectivity index (χ3v) is 6.46. The first kappa shape index (κ1) is 27.2. The summed E-state index contributed by atoms with van der Waals surface area (Å²) in [5.74, 6) is 2.04. The molecule has 0 aliphatic carbocycles. The largest absolute Gasteiger partial charge is 0.497 e. The van der Waals surface area contributed by atoms with E-state index in [1.807, 2.05) is 49.4 Å². The summed E-state index contributed by atoms with van der Waals surface area (Å²) in [6.07, 6.45) is 0. The van der Waals surface area contributed by atoms with E-state index in [2.05, 4.69) is 10.2 Å². The summed E-state index contributed by atoms with van der Waals surface area (Å²) in [6, 6.07) is 20.4. The van der Waals surface area contributed by atoms with E-state index in [9.17, 15) is 9.59 Å². The molecule has 3 aromatic rings. The molecule has 3 amide bonds. The van der Waals surface area contributed by atoms with Gasteiger partial charge < -0.3 is 29.0 Å². The van der Waals surface area contributed by atoms with Gasteiger partial charge in [-0.1, -0.05) is 30.3 Å². The van der Waals surface area contributed by atoms with Gasteiger partial charge in [0, 0.05) is 38.4 Å². The molecule has 9 nitrogen and oxygen atoms in total. The number of hydrogen-bond donors (Lipinski definition) is 1. The van der Waals surface area contributed by atoms with Gasteiger partial charge in [0.25, 0.3) is 0 Å². The van der Waals surface area contributed by atoms with Crippen LogP contribution in [-0.4, -0.2) is 79.7 Å². The lowest BCUT2D eigenvalue weighted by Gasteiger charge is -2.31. The second-order valence-electron chi connectivity index (χ2n) is 9.28. The Morgan fingerprint density at radius 3 is 2.34 bits per heavy atom. The number of carbonyl (C=O) groups excluding carboxylic acids is 2. The zero-order valence-electron chi connectivity index (χ0n) is 22.1.